The molecule has 0 spiro atoms. The van der Waals surface area contributed by atoms with Gasteiger partial charge in [0.05, 0.1) is 13.7 Å². The highest BCUT2D eigenvalue weighted by Gasteiger charge is 2.17. The van der Waals surface area contributed by atoms with Gasteiger partial charge in [-0.05, 0) is 36.4 Å². The SMILES string of the molecule is COc1cccc2cc(CNCC(C(C)C)C(C)C)oc12. The first-order valence-electron chi connectivity index (χ1n) is 7.79. The summed E-state index contributed by atoms with van der Waals surface area (Å²) >= 11 is 0. The molecule has 1 aromatic carbocycles. The van der Waals surface area contributed by atoms with E-state index in [1.807, 2.05) is 12.1 Å². The fourth-order valence-corrected chi connectivity index (χ4v) is 2.94. The molecule has 0 bridgehead atoms. The van der Waals surface area contributed by atoms with Crippen molar-refractivity contribution in [2.75, 3.05) is 13.7 Å². The fourth-order valence-electron chi connectivity index (χ4n) is 2.94. The van der Waals surface area contributed by atoms with Crippen molar-refractivity contribution in [1.29, 1.82) is 0 Å². The third kappa shape index (κ3) is 3.79. The Hall–Kier alpha value is -1.48. The number of nitrogens with one attached hydrogen (secondary N) is 1. The van der Waals surface area contributed by atoms with Crippen molar-refractivity contribution in [2.24, 2.45) is 17.8 Å². The third-order valence-corrected chi connectivity index (χ3v) is 4.17. The number of para-hydroxylation sites is 1. The van der Waals surface area contributed by atoms with Crippen LogP contribution in [0, 0.1) is 17.8 Å². The van der Waals surface area contributed by atoms with Crippen molar-refractivity contribution in [3.05, 3.63) is 30.0 Å². The largest absolute Gasteiger partial charge is 0.493 e. The van der Waals surface area contributed by atoms with Crippen LogP contribution in [0.5, 0.6) is 5.75 Å². The zero-order chi connectivity index (χ0) is 15.4. The van der Waals surface area contributed by atoms with Crippen LogP contribution in [0.1, 0.15) is 33.5 Å². The summed E-state index contributed by atoms with van der Waals surface area (Å²) in [5.41, 5.74) is 0.834. The molecule has 0 unspecified atom stereocenters. The maximum atomic E-state index is 5.91. The molecule has 0 saturated carbocycles. The second-order valence-corrected chi connectivity index (χ2v) is 6.37. The molecule has 0 fully saturated rings. The van der Waals surface area contributed by atoms with E-state index in [1.54, 1.807) is 7.11 Å². The van der Waals surface area contributed by atoms with Crippen molar-refractivity contribution in [1.82, 2.24) is 5.32 Å². The number of hydrogen-bond acceptors (Lipinski definition) is 3. The lowest BCUT2D eigenvalue weighted by atomic mass is 9.85. The summed E-state index contributed by atoms with van der Waals surface area (Å²) in [5.74, 6) is 3.81. The Labute approximate surface area is 127 Å². The maximum Gasteiger partial charge on any atom is 0.176 e. The fraction of sp³-hybridized carbons (Fsp3) is 0.556. The average molecular weight is 289 g/mol. The molecular weight excluding hydrogens is 262 g/mol. The highest BCUT2D eigenvalue weighted by atomic mass is 16.5. The van der Waals surface area contributed by atoms with Gasteiger partial charge < -0.3 is 14.5 Å². The lowest BCUT2D eigenvalue weighted by Crippen LogP contribution is -2.29. The molecule has 0 aliphatic rings. The second-order valence-electron chi connectivity index (χ2n) is 6.37. The molecule has 0 aliphatic heterocycles. The summed E-state index contributed by atoms with van der Waals surface area (Å²) < 4.78 is 11.2. The molecular formula is C18H27NO2. The van der Waals surface area contributed by atoms with Crippen LogP contribution in [0.2, 0.25) is 0 Å². The second kappa shape index (κ2) is 6.99. The normalized spacial score (nSPS) is 12.0. The summed E-state index contributed by atoms with van der Waals surface area (Å²) in [5, 5.41) is 4.62. The maximum absolute atomic E-state index is 5.91. The van der Waals surface area contributed by atoms with Crippen LogP contribution in [0.15, 0.2) is 28.7 Å². The van der Waals surface area contributed by atoms with Crippen LogP contribution in [0.4, 0.5) is 0 Å². The zero-order valence-corrected chi connectivity index (χ0v) is 13.8. The smallest absolute Gasteiger partial charge is 0.176 e. The number of ether oxygens (including phenoxy) is 1. The Bertz CT molecular complexity index is 564. The van der Waals surface area contributed by atoms with Gasteiger partial charge in [0.2, 0.25) is 0 Å². The van der Waals surface area contributed by atoms with Gasteiger partial charge in [0.25, 0.3) is 0 Å². The topological polar surface area (TPSA) is 34.4 Å². The number of benzene rings is 1. The molecule has 0 saturated heterocycles. The summed E-state index contributed by atoms with van der Waals surface area (Å²) in [6.07, 6.45) is 0. The van der Waals surface area contributed by atoms with Crippen LogP contribution in [0.3, 0.4) is 0 Å². The van der Waals surface area contributed by atoms with Gasteiger partial charge >= 0.3 is 0 Å². The number of furan rings is 1. The lowest BCUT2D eigenvalue weighted by Gasteiger charge is -2.24. The van der Waals surface area contributed by atoms with Gasteiger partial charge in [0, 0.05) is 5.39 Å². The first-order chi connectivity index (χ1) is 10.0. The van der Waals surface area contributed by atoms with Crippen molar-refractivity contribution >= 4 is 11.0 Å². The van der Waals surface area contributed by atoms with E-state index in [4.69, 9.17) is 9.15 Å². The van der Waals surface area contributed by atoms with Crippen LogP contribution in [0.25, 0.3) is 11.0 Å². The molecule has 116 valence electrons. The minimum atomic E-state index is 0.684. The molecule has 3 nitrogen and oxygen atoms in total. The number of fused-ring (bicyclic) bond motifs is 1. The third-order valence-electron chi connectivity index (χ3n) is 4.17. The summed E-state index contributed by atoms with van der Waals surface area (Å²) in [6, 6.07) is 8.05. The molecule has 0 atom stereocenters. The van der Waals surface area contributed by atoms with Gasteiger partial charge in [-0.2, -0.15) is 0 Å². The van der Waals surface area contributed by atoms with Crippen LogP contribution < -0.4 is 10.1 Å². The van der Waals surface area contributed by atoms with Crippen LogP contribution >= 0.6 is 0 Å². The van der Waals surface area contributed by atoms with Gasteiger partial charge in [-0.15, -0.1) is 0 Å². The van der Waals surface area contributed by atoms with Gasteiger partial charge in [-0.25, -0.2) is 0 Å². The Morgan fingerprint density at radius 3 is 2.48 bits per heavy atom. The minimum absolute atomic E-state index is 0.684. The van der Waals surface area contributed by atoms with E-state index in [-0.39, 0.29) is 0 Å². The van der Waals surface area contributed by atoms with Gasteiger partial charge in [-0.3, -0.25) is 0 Å². The Morgan fingerprint density at radius 1 is 1.14 bits per heavy atom. The lowest BCUT2D eigenvalue weighted by molar-refractivity contribution is 0.273. The zero-order valence-electron chi connectivity index (χ0n) is 13.8. The first-order valence-corrected chi connectivity index (χ1v) is 7.79. The van der Waals surface area contributed by atoms with E-state index in [0.29, 0.717) is 17.8 Å². The highest BCUT2D eigenvalue weighted by molar-refractivity contribution is 5.83. The van der Waals surface area contributed by atoms with E-state index >= 15 is 0 Å². The molecule has 0 amide bonds. The van der Waals surface area contributed by atoms with Gasteiger partial charge in [-0.1, -0.05) is 39.8 Å². The van der Waals surface area contributed by atoms with Crippen molar-refractivity contribution in [3.63, 3.8) is 0 Å². The molecule has 1 heterocycles. The predicted molar refractivity (Wildman–Crippen MR) is 87.6 cm³/mol. The highest BCUT2D eigenvalue weighted by Crippen LogP contribution is 2.28. The summed E-state index contributed by atoms with van der Waals surface area (Å²) in [4.78, 5) is 0. The van der Waals surface area contributed by atoms with E-state index in [9.17, 15) is 0 Å². The molecule has 1 N–H and O–H groups in total. The molecule has 0 aliphatic carbocycles. The molecule has 2 rings (SSSR count). The predicted octanol–water partition coefficient (Wildman–Crippen LogP) is 4.46. The number of hydrogen-bond donors (Lipinski definition) is 1. The standard InChI is InChI=1S/C18H27NO2/c1-12(2)16(13(3)4)11-19-10-15-9-14-7-6-8-17(20-5)18(14)21-15/h6-9,12-13,16,19H,10-11H2,1-5H3. The first kappa shape index (κ1) is 15.9. The average Bonchev–Trinajstić information content (AvgIpc) is 2.85. The van der Waals surface area contributed by atoms with E-state index in [2.05, 4.69) is 45.1 Å². The Morgan fingerprint density at radius 2 is 1.86 bits per heavy atom. The summed E-state index contributed by atoms with van der Waals surface area (Å²) in [7, 11) is 1.67. The van der Waals surface area contributed by atoms with E-state index in [1.165, 1.54) is 0 Å². The number of methoxy groups -OCH3 is 1. The Balaban J connectivity index is 2.01. The van der Waals surface area contributed by atoms with Crippen molar-refractivity contribution < 1.29 is 9.15 Å². The molecule has 1 aromatic heterocycles. The Kier molecular flexibility index (Phi) is 5.29. The van der Waals surface area contributed by atoms with E-state index < -0.39 is 0 Å². The molecule has 2 aromatic rings. The van der Waals surface area contributed by atoms with Crippen molar-refractivity contribution in [3.8, 4) is 5.75 Å². The summed E-state index contributed by atoms with van der Waals surface area (Å²) in [6.45, 7) is 10.9. The molecule has 21 heavy (non-hydrogen) atoms. The van der Waals surface area contributed by atoms with Crippen LogP contribution in [-0.2, 0) is 6.54 Å². The monoisotopic (exact) mass is 289 g/mol. The van der Waals surface area contributed by atoms with E-state index in [0.717, 1.165) is 35.6 Å². The quantitative estimate of drug-likeness (QED) is 0.817. The minimum Gasteiger partial charge on any atom is -0.493 e. The van der Waals surface area contributed by atoms with Crippen LogP contribution in [-0.4, -0.2) is 13.7 Å². The van der Waals surface area contributed by atoms with Gasteiger partial charge in [0.1, 0.15) is 5.76 Å². The van der Waals surface area contributed by atoms with Gasteiger partial charge in [0.15, 0.2) is 11.3 Å². The molecule has 0 radical (unpaired) electrons. The molecule has 3 heteroatoms. The number of rotatable bonds is 7. The van der Waals surface area contributed by atoms with Crippen molar-refractivity contribution in [2.45, 2.75) is 34.2 Å².